The molecule has 0 radical (unpaired) electrons. The van der Waals surface area contributed by atoms with Crippen LogP contribution in [-0.4, -0.2) is 22.2 Å². The van der Waals surface area contributed by atoms with Gasteiger partial charge in [0, 0.05) is 5.57 Å². The minimum Gasteiger partial charge on any atom is -0.335 e. The highest BCUT2D eigenvalue weighted by Gasteiger charge is 2.41. The maximum absolute atomic E-state index is 9.23. The zero-order valence-electron chi connectivity index (χ0n) is 6.21. The molecule has 3 nitrogen and oxygen atoms in total. The van der Waals surface area contributed by atoms with Crippen LogP contribution < -0.4 is 0 Å². The molecule has 2 N–H and O–H groups in total. The Balaban J connectivity index is 2.32. The third-order valence-corrected chi connectivity index (χ3v) is 2.29. The summed E-state index contributed by atoms with van der Waals surface area (Å²) in [4.78, 5) is 9.17. The summed E-state index contributed by atoms with van der Waals surface area (Å²) in [6.07, 6.45) is 3.01. The highest BCUT2D eigenvalue weighted by atomic mass is 16.6. The van der Waals surface area contributed by atoms with E-state index in [0.717, 1.165) is 36.8 Å². The standard InChI is InChI=1S/C8H10O3/c9-7-5-3-1-2-4-6(5)8(10)11-7/h7,9H,1-4H2/p+1. The molecule has 0 aromatic carbocycles. The van der Waals surface area contributed by atoms with E-state index in [1.165, 1.54) is 0 Å². The van der Waals surface area contributed by atoms with Crippen molar-refractivity contribution in [1.29, 1.82) is 0 Å². The summed E-state index contributed by atoms with van der Waals surface area (Å²) in [5, 5.41) is 9.23. The van der Waals surface area contributed by atoms with Gasteiger partial charge in [-0.2, -0.15) is 0 Å². The molecule has 0 aromatic rings. The molecule has 0 saturated heterocycles. The first kappa shape index (κ1) is 6.85. The van der Waals surface area contributed by atoms with Gasteiger partial charge in [0.25, 0.3) is 0 Å². The number of cyclic esters (lactones) is 1. The van der Waals surface area contributed by atoms with E-state index >= 15 is 0 Å². The largest absolute Gasteiger partial charge is 0.516 e. The fourth-order valence-electron chi connectivity index (χ4n) is 1.69. The summed E-state index contributed by atoms with van der Waals surface area (Å²) in [6, 6.07) is 0. The number of hydrogen-bond acceptors (Lipinski definition) is 2. The fraction of sp³-hybridized carbons (Fsp3) is 0.625. The van der Waals surface area contributed by atoms with Crippen molar-refractivity contribution in [2.75, 3.05) is 0 Å². The summed E-state index contributed by atoms with van der Waals surface area (Å²) in [6.45, 7) is 0. The van der Waals surface area contributed by atoms with Gasteiger partial charge < -0.3 is 9.90 Å². The van der Waals surface area contributed by atoms with Gasteiger partial charge in [0.2, 0.25) is 0 Å². The molecule has 3 heteroatoms. The van der Waals surface area contributed by atoms with Crippen LogP contribution in [0.25, 0.3) is 0 Å². The Morgan fingerprint density at radius 2 is 2.09 bits per heavy atom. The van der Waals surface area contributed by atoms with Crippen LogP contribution in [0.15, 0.2) is 11.1 Å². The lowest BCUT2D eigenvalue weighted by Crippen LogP contribution is -2.09. The van der Waals surface area contributed by atoms with Crippen molar-refractivity contribution in [1.82, 2.24) is 0 Å². The Morgan fingerprint density at radius 3 is 2.82 bits per heavy atom. The Labute approximate surface area is 64.7 Å². The van der Waals surface area contributed by atoms with Crippen LogP contribution in [0.5, 0.6) is 0 Å². The van der Waals surface area contributed by atoms with Gasteiger partial charge in [0.1, 0.15) is 5.57 Å². The lowest BCUT2D eigenvalue weighted by atomic mass is 9.93. The van der Waals surface area contributed by atoms with Gasteiger partial charge in [-0.25, -0.2) is 0 Å². The maximum Gasteiger partial charge on any atom is 0.516 e. The molecule has 2 aliphatic rings. The van der Waals surface area contributed by atoms with Crippen LogP contribution >= 0.6 is 0 Å². The number of aliphatic hydroxyl groups excluding tert-OH is 1. The number of aliphatic hydroxyl groups is 1. The normalized spacial score (nSPS) is 30.3. The monoisotopic (exact) mass is 155 g/mol. The van der Waals surface area contributed by atoms with Gasteiger partial charge in [0.05, 0.1) is 0 Å². The van der Waals surface area contributed by atoms with E-state index in [0.29, 0.717) is 0 Å². The molecular weight excluding hydrogens is 144 g/mol. The van der Waals surface area contributed by atoms with Gasteiger partial charge in [-0.05, 0) is 25.7 Å². The van der Waals surface area contributed by atoms with E-state index in [1.54, 1.807) is 0 Å². The number of rotatable bonds is 0. The number of esters is 1. The molecule has 0 bridgehead atoms. The van der Waals surface area contributed by atoms with Gasteiger partial charge in [-0.3, -0.25) is 4.74 Å². The molecule has 1 heterocycles. The fourth-order valence-corrected chi connectivity index (χ4v) is 1.69. The lowest BCUT2D eigenvalue weighted by molar-refractivity contribution is 0.00588. The van der Waals surface area contributed by atoms with E-state index in [-0.39, 0.29) is 5.97 Å². The van der Waals surface area contributed by atoms with Gasteiger partial charge in [-0.1, -0.05) is 0 Å². The minimum absolute atomic E-state index is 0.0628. The molecule has 1 aliphatic heterocycles. The maximum atomic E-state index is 9.23. The van der Waals surface area contributed by atoms with Gasteiger partial charge in [0.15, 0.2) is 0 Å². The number of hydrogen-bond donors (Lipinski definition) is 1. The minimum atomic E-state index is -0.870. The van der Waals surface area contributed by atoms with Gasteiger partial charge >= 0.3 is 12.3 Å². The molecule has 1 atom stereocenters. The van der Waals surface area contributed by atoms with Crippen LogP contribution in [0.3, 0.4) is 0 Å². The van der Waals surface area contributed by atoms with Crippen LogP contribution in [0.1, 0.15) is 25.7 Å². The second-order valence-electron chi connectivity index (χ2n) is 2.99. The summed E-state index contributed by atoms with van der Waals surface area (Å²) in [5.41, 5.74) is 1.72. The third kappa shape index (κ3) is 0.959. The highest BCUT2D eigenvalue weighted by molar-refractivity contribution is 5.93. The van der Waals surface area contributed by atoms with Crippen LogP contribution in [0.4, 0.5) is 0 Å². The SMILES string of the molecule is OC1OC(=[OH+])C2=C1CCCC2. The second kappa shape index (κ2) is 2.34. The van der Waals surface area contributed by atoms with Crippen molar-refractivity contribution in [3.8, 4) is 0 Å². The average molecular weight is 155 g/mol. The topological polar surface area (TPSA) is 50.9 Å². The predicted octanol–water partition coefficient (Wildman–Crippen LogP) is 0.708. The molecular formula is C8H11O3+. The summed E-state index contributed by atoms with van der Waals surface area (Å²) in [7, 11) is 0. The van der Waals surface area contributed by atoms with E-state index in [9.17, 15) is 9.90 Å². The van der Waals surface area contributed by atoms with Crippen molar-refractivity contribution in [2.45, 2.75) is 32.0 Å². The zero-order valence-corrected chi connectivity index (χ0v) is 6.21. The van der Waals surface area contributed by atoms with Gasteiger partial charge in [-0.15, -0.1) is 0 Å². The first-order valence-electron chi connectivity index (χ1n) is 3.92. The average Bonchev–Trinajstić information content (AvgIpc) is 2.30. The van der Waals surface area contributed by atoms with E-state index < -0.39 is 6.29 Å². The van der Waals surface area contributed by atoms with E-state index in [1.807, 2.05) is 0 Å². The quantitative estimate of drug-likeness (QED) is 0.413. The summed E-state index contributed by atoms with van der Waals surface area (Å²) < 4.78 is 4.76. The molecule has 60 valence electrons. The lowest BCUT2D eigenvalue weighted by Gasteiger charge is -2.07. The van der Waals surface area contributed by atoms with Crippen LogP contribution in [-0.2, 0) is 4.74 Å². The van der Waals surface area contributed by atoms with E-state index in [4.69, 9.17) is 4.74 Å². The van der Waals surface area contributed by atoms with Crippen molar-refractivity contribution in [2.24, 2.45) is 0 Å². The summed E-state index contributed by atoms with van der Waals surface area (Å²) in [5.74, 6) is -0.0628. The summed E-state index contributed by atoms with van der Waals surface area (Å²) >= 11 is 0. The van der Waals surface area contributed by atoms with Crippen molar-refractivity contribution in [3.05, 3.63) is 11.1 Å². The van der Waals surface area contributed by atoms with Crippen molar-refractivity contribution >= 4 is 5.97 Å². The van der Waals surface area contributed by atoms with Crippen LogP contribution in [0, 0.1) is 0 Å². The molecule has 11 heavy (non-hydrogen) atoms. The zero-order chi connectivity index (χ0) is 7.84. The molecule has 0 spiro atoms. The Morgan fingerprint density at radius 1 is 1.36 bits per heavy atom. The molecule has 0 aromatic heterocycles. The van der Waals surface area contributed by atoms with Crippen molar-refractivity contribution < 1.29 is 14.6 Å². The second-order valence-corrected chi connectivity index (χ2v) is 2.99. The molecule has 2 rings (SSSR count). The Bertz CT molecular complexity index is 229. The first-order valence-corrected chi connectivity index (χ1v) is 3.92. The molecule has 1 unspecified atom stereocenters. The van der Waals surface area contributed by atoms with E-state index in [2.05, 4.69) is 0 Å². The van der Waals surface area contributed by atoms with Crippen LogP contribution in [0.2, 0.25) is 0 Å². The predicted molar refractivity (Wildman–Crippen MR) is 39.5 cm³/mol. The molecule has 0 saturated carbocycles. The molecule has 0 fully saturated rings. The molecule has 0 amide bonds. The van der Waals surface area contributed by atoms with Crippen molar-refractivity contribution in [3.63, 3.8) is 0 Å². The number of ether oxygens (including phenoxy) is 1. The smallest absolute Gasteiger partial charge is 0.335 e. The number of carbonyl (C=O) groups excluding carboxylic acids is 1. The Kier molecular flexibility index (Phi) is 1.46. The molecule has 1 aliphatic carbocycles. The first-order chi connectivity index (χ1) is 5.29. The third-order valence-electron chi connectivity index (χ3n) is 2.29. The highest BCUT2D eigenvalue weighted by Crippen LogP contribution is 2.33. The Hall–Kier alpha value is -0.830.